The summed E-state index contributed by atoms with van der Waals surface area (Å²) in [6.07, 6.45) is -4.51. The van der Waals surface area contributed by atoms with Crippen molar-refractivity contribution in [1.82, 2.24) is 5.32 Å². The molecule has 0 spiro atoms. The van der Waals surface area contributed by atoms with Gasteiger partial charge in [0.15, 0.2) is 0 Å². The molecule has 4 nitrogen and oxygen atoms in total. The summed E-state index contributed by atoms with van der Waals surface area (Å²) < 4.78 is 55.0. The molecule has 1 aromatic rings. The van der Waals surface area contributed by atoms with E-state index in [2.05, 4.69) is 10.1 Å². The van der Waals surface area contributed by atoms with Crippen molar-refractivity contribution >= 4 is 11.9 Å². The van der Waals surface area contributed by atoms with Gasteiger partial charge in [0.2, 0.25) is 0 Å². The standard InChI is InChI=1S/C13H13F4NO3/c1-21-11(19)3-2-6-18-12(20)8-4-5-10(14)9(7-8)13(15,16)17/h4-5,7H,2-3,6H2,1H3,(H,18,20). The maximum atomic E-state index is 13.1. The smallest absolute Gasteiger partial charge is 0.419 e. The number of amides is 1. The topological polar surface area (TPSA) is 55.4 Å². The Morgan fingerprint density at radius 2 is 1.95 bits per heavy atom. The molecule has 1 rings (SSSR count). The molecule has 0 saturated carbocycles. The second-order valence-corrected chi connectivity index (χ2v) is 4.13. The van der Waals surface area contributed by atoms with E-state index < -0.39 is 29.4 Å². The number of ether oxygens (including phenoxy) is 1. The van der Waals surface area contributed by atoms with Gasteiger partial charge in [-0.2, -0.15) is 13.2 Å². The molecule has 0 aliphatic rings. The Morgan fingerprint density at radius 1 is 1.29 bits per heavy atom. The molecular weight excluding hydrogens is 294 g/mol. The van der Waals surface area contributed by atoms with Crippen LogP contribution < -0.4 is 5.32 Å². The maximum absolute atomic E-state index is 13.1. The lowest BCUT2D eigenvalue weighted by Gasteiger charge is -2.10. The summed E-state index contributed by atoms with van der Waals surface area (Å²) in [6, 6.07) is 2.00. The number of carbonyl (C=O) groups is 2. The van der Waals surface area contributed by atoms with Gasteiger partial charge in [0, 0.05) is 18.5 Å². The summed E-state index contributed by atoms with van der Waals surface area (Å²) in [5.41, 5.74) is -1.80. The Morgan fingerprint density at radius 3 is 2.52 bits per heavy atom. The molecule has 0 aliphatic carbocycles. The first-order valence-corrected chi connectivity index (χ1v) is 5.97. The van der Waals surface area contributed by atoms with Crippen molar-refractivity contribution < 1.29 is 31.9 Å². The molecule has 0 radical (unpaired) electrons. The fourth-order valence-corrected chi connectivity index (χ4v) is 1.52. The highest BCUT2D eigenvalue weighted by Crippen LogP contribution is 2.31. The highest BCUT2D eigenvalue weighted by atomic mass is 19.4. The number of carbonyl (C=O) groups excluding carboxylic acids is 2. The number of nitrogens with one attached hydrogen (secondary N) is 1. The number of hydrogen-bond acceptors (Lipinski definition) is 3. The molecule has 0 unspecified atom stereocenters. The third-order valence-corrected chi connectivity index (χ3v) is 2.60. The summed E-state index contributed by atoms with van der Waals surface area (Å²) in [7, 11) is 1.22. The monoisotopic (exact) mass is 307 g/mol. The van der Waals surface area contributed by atoms with Crippen LogP contribution in [0.5, 0.6) is 0 Å². The summed E-state index contributed by atoms with van der Waals surface area (Å²) >= 11 is 0. The largest absolute Gasteiger partial charge is 0.469 e. The van der Waals surface area contributed by atoms with Crippen molar-refractivity contribution in [2.45, 2.75) is 19.0 Å². The Bertz CT molecular complexity index is 529. The summed E-state index contributed by atoms with van der Waals surface area (Å²) in [6.45, 7) is 0.0899. The Balaban J connectivity index is 2.65. The van der Waals surface area contributed by atoms with Crippen molar-refractivity contribution in [3.63, 3.8) is 0 Å². The lowest BCUT2D eigenvalue weighted by Crippen LogP contribution is -2.25. The lowest BCUT2D eigenvalue weighted by atomic mass is 10.1. The first kappa shape index (κ1) is 16.9. The zero-order valence-electron chi connectivity index (χ0n) is 11.1. The highest BCUT2D eigenvalue weighted by molar-refractivity contribution is 5.94. The second kappa shape index (κ2) is 7.05. The number of methoxy groups -OCH3 is 1. The molecule has 0 aliphatic heterocycles. The molecule has 1 amide bonds. The van der Waals surface area contributed by atoms with Gasteiger partial charge in [0.05, 0.1) is 12.7 Å². The molecule has 0 bridgehead atoms. The van der Waals surface area contributed by atoms with Crippen molar-refractivity contribution in [2.24, 2.45) is 0 Å². The van der Waals surface area contributed by atoms with Gasteiger partial charge < -0.3 is 10.1 Å². The number of alkyl halides is 3. The van der Waals surface area contributed by atoms with Crippen LogP contribution in [0.25, 0.3) is 0 Å². The van der Waals surface area contributed by atoms with Crippen LogP contribution in [0.3, 0.4) is 0 Å². The predicted molar refractivity (Wildman–Crippen MR) is 65.0 cm³/mol. The number of halogens is 4. The van der Waals surface area contributed by atoms with Crippen LogP contribution in [-0.4, -0.2) is 25.5 Å². The fraction of sp³-hybridized carbons (Fsp3) is 0.385. The van der Waals surface area contributed by atoms with Gasteiger partial charge in [-0.3, -0.25) is 9.59 Å². The third kappa shape index (κ3) is 5.05. The molecule has 0 fully saturated rings. The van der Waals surface area contributed by atoms with E-state index in [-0.39, 0.29) is 24.9 Å². The van der Waals surface area contributed by atoms with Crippen LogP contribution in [0, 0.1) is 5.82 Å². The lowest BCUT2D eigenvalue weighted by molar-refractivity contribution is -0.141. The average Bonchev–Trinajstić information content (AvgIpc) is 2.42. The number of esters is 1. The van der Waals surface area contributed by atoms with E-state index in [0.717, 1.165) is 6.07 Å². The summed E-state index contributed by atoms with van der Waals surface area (Å²) in [4.78, 5) is 22.4. The van der Waals surface area contributed by atoms with Gasteiger partial charge >= 0.3 is 12.1 Å². The molecule has 8 heteroatoms. The Labute approximate surface area is 118 Å². The van der Waals surface area contributed by atoms with Crippen molar-refractivity contribution in [2.75, 3.05) is 13.7 Å². The Kier molecular flexibility index (Phi) is 5.69. The van der Waals surface area contributed by atoms with E-state index >= 15 is 0 Å². The SMILES string of the molecule is COC(=O)CCCNC(=O)c1ccc(F)c(C(F)(F)F)c1. The zero-order chi connectivity index (χ0) is 16.0. The van der Waals surface area contributed by atoms with Crippen LogP contribution in [0.4, 0.5) is 17.6 Å². The number of hydrogen-bond donors (Lipinski definition) is 1. The van der Waals surface area contributed by atoms with Gasteiger partial charge in [-0.15, -0.1) is 0 Å². The van der Waals surface area contributed by atoms with E-state index in [4.69, 9.17) is 0 Å². The van der Waals surface area contributed by atoms with Crippen molar-refractivity contribution in [1.29, 1.82) is 0 Å². The first-order valence-electron chi connectivity index (χ1n) is 5.97. The van der Waals surface area contributed by atoms with E-state index in [1.165, 1.54) is 7.11 Å². The van der Waals surface area contributed by atoms with Gasteiger partial charge in [-0.1, -0.05) is 0 Å². The Hall–Kier alpha value is -2.12. The molecule has 21 heavy (non-hydrogen) atoms. The van der Waals surface area contributed by atoms with E-state index in [1.807, 2.05) is 0 Å². The summed E-state index contributed by atoms with van der Waals surface area (Å²) in [5.74, 6) is -2.67. The predicted octanol–water partition coefficient (Wildman–Crippen LogP) is 2.53. The number of rotatable bonds is 5. The molecule has 0 aromatic heterocycles. The molecule has 0 heterocycles. The van der Waals surface area contributed by atoms with E-state index in [9.17, 15) is 27.2 Å². The quantitative estimate of drug-likeness (QED) is 0.517. The van der Waals surface area contributed by atoms with Gasteiger partial charge in [0.25, 0.3) is 5.91 Å². The van der Waals surface area contributed by atoms with Crippen LogP contribution in [0.1, 0.15) is 28.8 Å². The first-order chi connectivity index (χ1) is 9.75. The van der Waals surface area contributed by atoms with Gasteiger partial charge in [0.1, 0.15) is 5.82 Å². The second-order valence-electron chi connectivity index (χ2n) is 4.13. The molecule has 1 aromatic carbocycles. The minimum Gasteiger partial charge on any atom is -0.469 e. The van der Waals surface area contributed by atoms with Gasteiger partial charge in [-0.05, 0) is 24.6 Å². The minimum absolute atomic E-state index is 0.0774. The normalized spacial score (nSPS) is 11.1. The van der Waals surface area contributed by atoms with Crippen molar-refractivity contribution in [3.8, 4) is 0 Å². The molecule has 0 atom stereocenters. The number of benzene rings is 1. The van der Waals surface area contributed by atoms with Crippen LogP contribution in [0.2, 0.25) is 0 Å². The third-order valence-electron chi connectivity index (χ3n) is 2.60. The molecule has 116 valence electrons. The minimum atomic E-state index is -4.87. The molecular formula is C13H13F4NO3. The zero-order valence-corrected chi connectivity index (χ0v) is 11.1. The van der Waals surface area contributed by atoms with E-state index in [0.29, 0.717) is 12.1 Å². The average molecular weight is 307 g/mol. The molecule has 0 saturated heterocycles. The van der Waals surface area contributed by atoms with Crippen LogP contribution in [-0.2, 0) is 15.7 Å². The summed E-state index contributed by atoms with van der Waals surface area (Å²) in [5, 5.41) is 2.34. The van der Waals surface area contributed by atoms with Gasteiger partial charge in [-0.25, -0.2) is 4.39 Å². The van der Waals surface area contributed by atoms with Crippen LogP contribution in [0.15, 0.2) is 18.2 Å². The van der Waals surface area contributed by atoms with Crippen LogP contribution >= 0.6 is 0 Å². The molecule has 1 N–H and O–H groups in total. The highest BCUT2D eigenvalue weighted by Gasteiger charge is 2.34. The van der Waals surface area contributed by atoms with E-state index in [1.54, 1.807) is 0 Å². The maximum Gasteiger partial charge on any atom is 0.419 e. The van der Waals surface area contributed by atoms with Crippen molar-refractivity contribution in [3.05, 3.63) is 35.1 Å². The fourth-order valence-electron chi connectivity index (χ4n) is 1.52.